The summed E-state index contributed by atoms with van der Waals surface area (Å²) < 4.78 is 1.69. The average molecular weight is 272 g/mol. The van der Waals surface area contributed by atoms with E-state index in [-0.39, 0.29) is 5.91 Å². The standard InChI is InChI=1S/C15H20N4O/c1-3-10-18(4-2)15(20)14-9-11-19(17-14)13-7-5-12(16)6-8-13/h5-9,11H,3-4,10,16H2,1-2H3. The van der Waals surface area contributed by atoms with Crippen LogP contribution in [0.4, 0.5) is 5.69 Å². The number of aromatic nitrogens is 2. The third kappa shape index (κ3) is 2.99. The molecule has 0 aliphatic rings. The molecule has 0 saturated carbocycles. The lowest BCUT2D eigenvalue weighted by atomic mass is 10.3. The maximum absolute atomic E-state index is 12.3. The van der Waals surface area contributed by atoms with Crippen LogP contribution >= 0.6 is 0 Å². The number of carbonyl (C=O) groups is 1. The monoisotopic (exact) mass is 272 g/mol. The fourth-order valence-corrected chi connectivity index (χ4v) is 2.04. The van der Waals surface area contributed by atoms with E-state index in [9.17, 15) is 4.79 Å². The third-order valence-corrected chi connectivity index (χ3v) is 3.13. The van der Waals surface area contributed by atoms with Crippen LogP contribution < -0.4 is 5.73 Å². The molecular weight excluding hydrogens is 252 g/mol. The van der Waals surface area contributed by atoms with Crippen LogP contribution in [-0.4, -0.2) is 33.7 Å². The molecule has 0 fully saturated rings. The second kappa shape index (κ2) is 6.23. The minimum absolute atomic E-state index is 0.0245. The Hall–Kier alpha value is -2.30. The van der Waals surface area contributed by atoms with Crippen LogP contribution in [0.2, 0.25) is 0 Å². The molecule has 106 valence electrons. The van der Waals surface area contributed by atoms with Crippen molar-refractivity contribution in [3.63, 3.8) is 0 Å². The van der Waals surface area contributed by atoms with E-state index in [1.807, 2.05) is 31.2 Å². The Kier molecular flexibility index (Phi) is 4.40. The summed E-state index contributed by atoms with van der Waals surface area (Å²) in [6, 6.07) is 9.12. The molecule has 5 nitrogen and oxygen atoms in total. The van der Waals surface area contributed by atoms with Gasteiger partial charge in [-0.3, -0.25) is 4.79 Å². The number of hydrogen-bond acceptors (Lipinski definition) is 3. The van der Waals surface area contributed by atoms with E-state index in [4.69, 9.17) is 5.73 Å². The number of nitrogen functional groups attached to an aromatic ring is 1. The summed E-state index contributed by atoms with van der Waals surface area (Å²) in [5.41, 5.74) is 7.72. The van der Waals surface area contributed by atoms with E-state index in [1.165, 1.54) is 0 Å². The van der Waals surface area contributed by atoms with Gasteiger partial charge in [0.1, 0.15) is 0 Å². The number of amides is 1. The van der Waals surface area contributed by atoms with Gasteiger partial charge in [0.15, 0.2) is 5.69 Å². The molecule has 0 aliphatic heterocycles. The van der Waals surface area contributed by atoms with Gasteiger partial charge >= 0.3 is 0 Å². The Morgan fingerprint density at radius 3 is 2.55 bits per heavy atom. The van der Waals surface area contributed by atoms with Crippen LogP contribution in [0.15, 0.2) is 36.5 Å². The number of anilines is 1. The molecule has 0 radical (unpaired) electrons. The molecule has 1 aromatic carbocycles. The van der Waals surface area contributed by atoms with Crippen molar-refractivity contribution in [2.24, 2.45) is 0 Å². The summed E-state index contributed by atoms with van der Waals surface area (Å²) in [6.45, 7) is 5.49. The largest absolute Gasteiger partial charge is 0.399 e. The van der Waals surface area contributed by atoms with Crippen LogP contribution in [0.3, 0.4) is 0 Å². The van der Waals surface area contributed by atoms with Crippen molar-refractivity contribution >= 4 is 11.6 Å². The second-order valence-electron chi connectivity index (χ2n) is 4.62. The van der Waals surface area contributed by atoms with Crippen LogP contribution in [-0.2, 0) is 0 Å². The van der Waals surface area contributed by atoms with Gasteiger partial charge in [-0.2, -0.15) is 5.10 Å². The number of carbonyl (C=O) groups excluding carboxylic acids is 1. The maximum atomic E-state index is 12.3. The number of hydrogen-bond donors (Lipinski definition) is 1. The number of nitrogens with zero attached hydrogens (tertiary/aromatic N) is 3. The van der Waals surface area contributed by atoms with E-state index >= 15 is 0 Å². The Balaban J connectivity index is 2.20. The molecule has 0 aliphatic carbocycles. The fourth-order valence-electron chi connectivity index (χ4n) is 2.04. The molecule has 2 rings (SSSR count). The van der Waals surface area contributed by atoms with Crippen LogP contribution in [0.25, 0.3) is 5.69 Å². The summed E-state index contributed by atoms with van der Waals surface area (Å²) >= 11 is 0. The zero-order chi connectivity index (χ0) is 14.5. The fraction of sp³-hybridized carbons (Fsp3) is 0.333. The van der Waals surface area contributed by atoms with E-state index in [0.717, 1.165) is 18.7 Å². The minimum Gasteiger partial charge on any atom is -0.399 e. The molecule has 2 N–H and O–H groups in total. The van der Waals surface area contributed by atoms with Crippen molar-refractivity contribution in [1.82, 2.24) is 14.7 Å². The summed E-state index contributed by atoms with van der Waals surface area (Å²) in [7, 11) is 0. The van der Waals surface area contributed by atoms with Gasteiger partial charge < -0.3 is 10.6 Å². The van der Waals surface area contributed by atoms with Crippen molar-refractivity contribution in [3.8, 4) is 5.69 Å². The highest BCUT2D eigenvalue weighted by Crippen LogP contribution is 2.11. The quantitative estimate of drug-likeness (QED) is 0.850. The third-order valence-electron chi connectivity index (χ3n) is 3.13. The predicted molar refractivity (Wildman–Crippen MR) is 79.8 cm³/mol. The van der Waals surface area contributed by atoms with Crippen molar-refractivity contribution in [2.75, 3.05) is 18.8 Å². The SMILES string of the molecule is CCCN(CC)C(=O)c1ccn(-c2ccc(N)cc2)n1. The van der Waals surface area contributed by atoms with Crippen molar-refractivity contribution in [1.29, 1.82) is 0 Å². The number of rotatable bonds is 5. The van der Waals surface area contributed by atoms with Crippen LogP contribution in [0, 0.1) is 0 Å². The number of nitrogens with two attached hydrogens (primary N) is 1. The Morgan fingerprint density at radius 1 is 1.25 bits per heavy atom. The zero-order valence-electron chi connectivity index (χ0n) is 11.9. The molecule has 1 heterocycles. The smallest absolute Gasteiger partial charge is 0.274 e. The van der Waals surface area contributed by atoms with Crippen molar-refractivity contribution in [3.05, 3.63) is 42.2 Å². The van der Waals surface area contributed by atoms with E-state index in [2.05, 4.69) is 12.0 Å². The molecule has 0 unspecified atom stereocenters. The lowest BCUT2D eigenvalue weighted by molar-refractivity contribution is 0.0758. The molecule has 0 spiro atoms. The first kappa shape index (κ1) is 14.1. The van der Waals surface area contributed by atoms with Gasteiger partial charge in [0.25, 0.3) is 5.91 Å². The molecule has 2 aromatic rings. The van der Waals surface area contributed by atoms with Crippen LogP contribution in [0.5, 0.6) is 0 Å². The van der Waals surface area contributed by atoms with Gasteiger partial charge in [0.2, 0.25) is 0 Å². The molecule has 5 heteroatoms. The molecule has 0 bridgehead atoms. The first-order valence-corrected chi connectivity index (χ1v) is 6.86. The van der Waals surface area contributed by atoms with Crippen molar-refractivity contribution < 1.29 is 4.79 Å². The molecule has 1 aromatic heterocycles. The van der Waals surface area contributed by atoms with Gasteiger partial charge in [0, 0.05) is 25.0 Å². The lowest BCUT2D eigenvalue weighted by Crippen LogP contribution is -2.31. The van der Waals surface area contributed by atoms with Gasteiger partial charge in [-0.25, -0.2) is 4.68 Å². The first-order chi connectivity index (χ1) is 9.65. The van der Waals surface area contributed by atoms with E-state index in [0.29, 0.717) is 17.9 Å². The highest BCUT2D eigenvalue weighted by Gasteiger charge is 2.16. The Morgan fingerprint density at radius 2 is 1.95 bits per heavy atom. The molecule has 0 atom stereocenters. The summed E-state index contributed by atoms with van der Waals surface area (Å²) in [6.07, 6.45) is 2.73. The number of benzene rings is 1. The predicted octanol–water partition coefficient (Wildman–Crippen LogP) is 2.33. The van der Waals surface area contributed by atoms with E-state index < -0.39 is 0 Å². The van der Waals surface area contributed by atoms with E-state index in [1.54, 1.807) is 21.8 Å². The second-order valence-corrected chi connectivity index (χ2v) is 4.62. The lowest BCUT2D eigenvalue weighted by Gasteiger charge is -2.18. The highest BCUT2D eigenvalue weighted by atomic mass is 16.2. The van der Waals surface area contributed by atoms with Crippen LogP contribution in [0.1, 0.15) is 30.8 Å². The zero-order valence-corrected chi connectivity index (χ0v) is 11.9. The Bertz CT molecular complexity index is 574. The first-order valence-electron chi connectivity index (χ1n) is 6.86. The average Bonchev–Trinajstić information content (AvgIpc) is 2.94. The van der Waals surface area contributed by atoms with Gasteiger partial charge in [-0.15, -0.1) is 0 Å². The molecular formula is C15H20N4O. The summed E-state index contributed by atoms with van der Waals surface area (Å²) in [5.74, 6) is -0.0245. The molecule has 20 heavy (non-hydrogen) atoms. The highest BCUT2D eigenvalue weighted by molar-refractivity contribution is 5.92. The van der Waals surface area contributed by atoms with Crippen molar-refractivity contribution in [2.45, 2.75) is 20.3 Å². The normalized spacial score (nSPS) is 10.5. The minimum atomic E-state index is -0.0245. The van der Waals surface area contributed by atoms with Gasteiger partial charge in [-0.1, -0.05) is 6.92 Å². The summed E-state index contributed by atoms with van der Waals surface area (Å²) in [4.78, 5) is 14.1. The maximum Gasteiger partial charge on any atom is 0.274 e. The van der Waals surface area contributed by atoms with Gasteiger partial charge in [-0.05, 0) is 43.7 Å². The topological polar surface area (TPSA) is 64.2 Å². The summed E-state index contributed by atoms with van der Waals surface area (Å²) in [5, 5.41) is 4.35. The Labute approximate surface area is 119 Å². The molecule has 1 amide bonds. The molecule has 0 saturated heterocycles. The van der Waals surface area contributed by atoms with Gasteiger partial charge in [0.05, 0.1) is 5.69 Å².